The van der Waals surface area contributed by atoms with Crippen molar-refractivity contribution in [3.8, 4) is 0 Å². The van der Waals surface area contributed by atoms with Gasteiger partial charge >= 0.3 is 5.97 Å². The molecule has 0 aromatic heterocycles. The van der Waals surface area contributed by atoms with Crippen LogP contribution in [0.4, 0.5) is 0 Å². The summed E-state index contributed by atoms with van der Waals surface area (Å²) >= 11 is 0. The molecule has 5 atom stereocenters. The van der Waals surface area contributed by atoms with Crippen LogP contribution in [-0.4, -0.2) is 74.5 Å². The Bertz CT molecular complexity index is 438. The monoisotopic (exact) mass is 319 g/mol. The number of hydrogen-bond donors (Lipinski definition) is 6. The maximum atomic E-state index is 11.7. The molecule has 0 aliphatic carbocycles. The fraction of sp³-hybridized carbons (Fsp3) is 0.692. The number of rotatable bonds is 7. The first-order chi connectivity index (χ1) is 10.3. The van der Waals surface area contributed by atoms with E-state index in [1.807, 2.05) is 0 Å². The van der Waals surface area contributed by atoms with Crippen molar-refractivity contribution in [3.05, 3.63) is 11.8 Å². The summed E-state index contributed by atoms with van der Waals surface area (Å²) in [4.78, 5) is 22.6. The minimum absolute atomic E-state index is 0.171. The lowest BCUT2D eigenvalue weighted by Gasteiger charge is -2.38. The quantitative estimate of drug-likeness (QED) is 0.306. The first-order valence-electron chi connectivity index (χ1n) is 6.88. The third kappa shape index (κ3) is 4.41. The molecule has 0 fully saturated rings. The lowest BCUT2D eigenvalue weighted by Crippen LogP contribution is -2.60. The number of aliphatic hydroxyl groups excluding tert-OH is 4. The van der Waals surface area contributed by atoms with Crippen LogP contribution in [0, 0.1) is 0 Å². The lowest BCUT2D eigenvalue weighted by molar-refractivity contribution is -0.149. The summed E-state index contributed by atoms with van der Waals surface area (Å²) in [6.45, 7) is 0.983. The van der Waals surface area contributed by atoms with E-state index < -0.39 is 54.7 Å². The first-order valence-corrected chi connectivity index (χ1v) is 6.88. The van der Waals surface area contributed by atoms with Crippen LogP contribution < -0.4 is 5.32 Å². The van der Waals surface area contributed by atoms with Crippen molar-refractivity contribution < 1.29 is 39.9 Å². The van der Waals surface area contributed by atoms with Crippen molar-refractivity contribution in [2.45, 2.75) is 50.2 Å². The van der Waals surface area contributed by atoms with Crippen molar-refractivity contribution in [1.82, 2.24) is 5.32 Å². The minimum atomic E-state index is -1.70. The normalized spacial score (nSPS) is 27.3. The maximum absolute atomic E-state index is 11.7. The molecular formula is C13H21NO8. The van der Waals surface area contributed by atoms with Gasteiger partial charge in [-0.3, -0.25) is 4.79 Å². The SMILES string of the molecule is CCCC(=O)N[C@H]1[C@H]([C@H](O)[C@H](O)CO)OC(C(=O)O)=C[C@@H]1O. The number of carbonyl (C=O) groups is 2. The molecule has 0 radical (unpaired) electrons. The Kier molecular flexibility index (Phi) is 6.75. The second-order valence-corrected chi connectivity index (χ2v) is 4.99. The van der Waals surface area contributed by atoms with Crippen LogP contribution in [0.2, 0.25) is 0 Å². The minimum Gasteiger partial charge on any atom is -0.478 e. The van der Waals surface area contributed by atoms with Crippen molar-refractivity contribution in [2.75, 3.05) is 6.61 Å². The van der Waals surface area contributed by atoms with Gasteiger partial charge in [0.2, 0.25) is 11.7 Å². The van der Waals surface area contributed by atoms with Gasteiger partial charge in [-0.25, -0.2) is 4.79 Å². The highest BCUT2D eigenvalue weighted by Crippen LogP contribution is 2.23. The molecule has 9 nitrogen and oxygen atoms in total. The van der Waals surface area contributed by atoms with Gasteiger partial charge in [0, 0.05) is 6.42 Å². The topological polar surface area (TPSA) is 157 Å². The summed E-state index contributed by atoms with van der Waals surface area (Å²) in [5, 5.41) is 49.7. The Morgan fingerprint density at radius 3 is 2.55 bits per heavy atom. The highest BCUT2D eigenvalue weighted by molar-refractivity contribution is 5.84. The number of ether oxygens (including phenoxy) is 1. The van der Waals surface area contributed by atoms with E-state index in [0.717, 1.165) is 6.08 Å². The van der Waals surface area contributed by atoms with Crippen LogP contribution in [-0.2, 0) is 14.3 Å². The molecule has 1 aliphatic rings. The zero-order chi connectivity index (χ0) is 16.9. The Labute approximate surface area is 126 Å². The Morgan fingerprint density at radius 1 is 1.41 bits per heavy atom. The molecule has 126 valence electrons. The highest BCUT2D eigenvalue weighted by atomic mass is 16.5. The van der Waals surface area contributed by atoms with Crippen molar-refractivity contribution in [3.63, 3.8) is 0 Å². The highest BCUT2D eigenvalue weighted by Gasteiger charge is 2.43. The molecular weight excluding hydrogens is 298 g/mol. The summed E-state index contributed by atoms with van der Waals surface area (Å²) < 4.78 is 5.06. The van der Waals surface area contributed by atoms with Crippen LogP contribution in [0.5, 0.6) is 0 Å². The number of carbonyl (C=O) groups excluding carboxylic acids is 1. The van der Waals surface area contributed by atoms with Gasteiger partial charge in [0.15, 0.2) is 6.10 Å². The number of hydrogen-bond acceptors (Lipinski definition) is 7. The molecule has 1 amide bonds. The first kappa shape index (κ1) is 18.4. The van der Waals surface area contributed by atoms with Crippen LogP contribution in [0.25, 0.3) is 0 Å². The van der Waals surface area contributed by atoms with Crippen molar-refractivity contribution in [2.24, 2.45) is 0 Å². The molecule has 6 N–H and O–H groups in total. The van der Waals surface area contributed by atoms with Gasteiger partial charge in [-0.15, -0.1) is 0 Å². The van der Waals surface area contributed by atoms with Gasteiger partial charge in [0.25, 0.3) is 0 Å². The second kappa shape index (κ2) is 8.08. The van der Waals surface area contributed by atoms with Crippen LogP contribution in [0.15, 0.2) is 11.8 Å². The van der Waals surface area contributed by atoms with E-state index in [4.69, 9.17) is 14.9 Å². The van der Waals surface area contributed by atoms with Gasteiger partial charge < -0.3 is 35.6 Å². The molecule has 1 heterocycles. The average molecular weight is 319 g/mol. The van der Waals surface area contributed by atoms with E-state index in [-0.39, 0.29) is 6.42 Å². The molecule has 0 bridgehead atoms. The number of carboxylic acids is 1. The average Bonchev–Trinajstić information content (AvgIpc) is 2.47. The maximum Gasteiger partial charge on any atom is 0.370 e. The smallest absolute Gasteiger partial charge is 0.370 e. The van der Waals surface area contributed by atoms with Crippen LogP contribution >= 0.6 is 0 Å². The summed E-state index contributed by atoms with van der Waals surface area (Å²) in [6.07, 6.45) is -4.54. The third-order valence-electron chi connectivity index (χ3n) is 3.24. The van der Waals surface area contributed by atoms with Gasteiger partial charge in [-0.2, -0.15) is 0 Å². The van der Waals surface area contributed by atoms with Crippen LogP contribution in [0.1, 0.15) is 19.8 Å². The number of aliphatic hydroxyl groups is 4. The van der Waals surface area contributed by atoms with Gasteiger partial charge in [-0.1, -0.05) is 6.92 Å². The number of nitrogens with one attached hydrogen (secondary N) is 1. The zero-order valence-electron chi connectivity index (χ0n) is 12.0. The van der Waals surface area contributed by atoms with E-state index in [1.165, 1.54) is 0 Å². The molecule has 0 unspecified atom stereocenters. The Morgan fingerprint density at radius 2 is 2.05 bits per heavy atom. The van der Waals surface area contributed by atoms with E-state index in [0.29, 0.717) is 6.42 Å². The molecule has 1 aliphatic heterocycles. The molecule has 0 aromatic rings. The van der Waals surface area contributed by atoms with Gasteiger partial charge in [-0.05, 0) is 12.5 Å². The number of amides is 1. The fourth-order valence-electron chi connectivity index (χ4n) is 2.10. The third-order valence-corrected chi connectivity index (χ3v) is 3.24. The largest absolute Gasteiger partial charge is 0.478 e. The van der Waals surface area contributed by atoms with Crippen LogP contribution in [0.3, 0.4) is 0 Å². The van der Waals surface area contributed by atoms with E-state index in [2.05, 4.69) is 5.32 Å². The van der Waals surface area contributed by atoms with Crippen molar-refractivity contribution in [1.29, 1.82) is 0 Å². The van der Waals surface area contributed by atoms with E-state index >= 15 is 0 Å². The molecule has 0 aromatic carbocycles. The van der Waals surface area contributed by atoms with Gasteiger partial charge in [0.05, 0.1) is 12.6 Å². The zero-order valence-corrected chi connectivity index (χ0v) is 12.0. The Balaban J connectivity index is 3.01. The molecule has 1 rings (SSSR count). The predicted octanol–water partition coefficient (Wildman–Crippen LogP) is -2.29. The molecule has 0 spiro atoms. The van der Waals surface area contributed by atoms with E-state index in [1.54, 1.807) is 6.92 Å². The molecule has 9 heteroatoms. The standard InChI is InChI=1S/C13H21NO8/c1-2-3-9(18)14-10-6(16)4-8(13(20)21)22-12(10)11(19)7(17)5-15/h4,6-7,10-12,15-17,19H,2-3,5H2,1H3,(H,14,18)(H,20,21)/t6-,7+,10+,11+,12+/m0/s1. The number of aliphatic carboxylic acids is 1. The predicted molar refractivity (Wildman–Crippen MR) is 72.5 cm³/mol. The second-order valence-electron chi connectivity index (χ2n) is 4.99. The summed E-state index contributed by atoms with van der Waals surface area (Å²) in [5.41, 5.74) is 0. The lowest BCUT2D eigenvalue weighted by atomic mass is 9.93. The molecule has 0 saturated heterocycles. The van der Waals surface area contributed by atoms with Crippen molar-refractivity contribution >= 4 is 11.9 Å². The number of carboxylic acid groups (broad SMARTS) is 1. The fourth-order valence-corrected chi connectivity index (χ4v) is 2.10. The molecule has 22 heavy (non-hydrogen) atoms. The van der Waals surface area contributed by atoms with E-state index in [9.17, 15) is 24.9 Å². The molecule has 0 saturated carbocycles. The Hall–Kier alpha value is -1.68. The summed E-state index contributed by atoms with van der Waals surface area (Å²) in [7, 11) is 0. The summed E-state index contributed by atoms with van der Waals surface area (Å²) in [6, 6.07) is -1.15. The van der Waals surface area contributed by atoms with Gasteiger partial charge in [0.1, 0.15) is 18.3 Å². The summed E-state index contributed by atoms with van der Waals surface area (Å²) in [5.74, 6) is -2.49.